The number of hydrogen-bond donors (Lipinski definition) is 2. The van der Waals surface area contributed by atoms with Crippen molar-refractivity contribution in [3.63, 3.8) is 0 Å². The lowest BCUT2D eigenvalue weighted by Crippen LogP contribution is -3.07. The first-order valence-corrected chi connectivity index (χ1v) is 8.97. The third-order valence-electron chi connectivity index (χ3n) is 4.59. The van der Waals surface area contributed by atoms with E-state index in [1.54, 1.807) is 19.2 Å². The zero-order valence-corrected chi connectivity index (χ0v) is 17.3. The largest absolute Gasteiger partial charge is 0.497 e. The monoisotopic (exact) mass is 389 g/mol. The highest BCUT2D eigenvalue weighted by atomic mass is 16.5. The molecule has 2 aromatic rings. The maximum atomic E-state index is 12.8. The van der Waals surface area contributed by atoms with Gasteiger partial charge in [0.25, 0.3) is 5.91 Å². The summed E-state index contributed by atoms with van der Waals surface area (Å²) in [6, 6.07) is 11.2. The number of carbonyl (C=O) groups excluding carboxylic acids is 1. The van der Waals surface area contributed by atoms with Crippen LogP contribution in [0.15, 0.2) is 36.4 Å². The first-order chi connectivity index (χ1) is 13.4. The number of benzene rings is 2. The minimum Gasteiger partial charge on any atom is -0.497 e. The summed E-state index contributed by atoms with van der Waals surface area (Å²) in [5.74, 6) is 1.91. The van der Waals surface area contributed by atoms with Crippen molar-refractivity contribution in [1.29, 1.82) is 0 Å². The van der Waals surface area contributed by atoms with Gasteiger partial charge in [0.05, 0.1) is 49.1 Å². The molecule has 2 rings (SSSR count). The van der Waals surface area contributed by atoms with Crippen LogP contribution in [-0.4, -0.2) is 55.0 Å². The third-order valence-corrected chi connectivity index (χ3v) is 4.59. The summed E-state index contributed by atoms with van der Waals surface area (Å²) in [6.07, 6.45) is 0. The molecule has 28 heavy (non-hydrogen) atoms. The molecule has 0 saturated heterocycles. The van der Waals surface area contributed by atoms with E-state index in [1.807, 2.05) is 24.3 Å². The maximum Gasteiger partial charge on any atom is 0.251 e. The second kappa shape index (κ2) is 9.85. The zero-order valence-electron chi connectivity index (χ0n) is 17.3. The number of quaternary nitrogens is 1. The van der Waals surface area contributed by atoms with Gasteiger partial charge in [0.2, 0.25) is 5.75 Å². The summed E-state index contributed by atoms with van der Waals surface area (Å²) in [4.78, 5) is 14.0. The van der Waals surface area contributed by atoms with Gasteiger partial charge in [0.15, 0.2) is 11.5 Å². The lowest BCUT2D eigenvalue weighted by molar-refractivity contribution is -0.890. The minimum atomic E-state index is -0.214. The molecular formula is C21H29N2O5+. The van der Waals surface area contributed by atoms with Crippen molar-refractivity contribution in [2.45, 2.75) is 6.04 Å². The van der Waals surface area contributed by atoms with Crippen LogP contribution in [0.5, 0.6) is 23.0 Å². The lowest BCUT2D eigenvalue weighted by Gasteiger charge is -2.23. The first kappa shape index (κ1) is 21.4. The van der Waals surface area contributed by atoms with E-state index in [4.69, 9.17) is 18.9 Å². The zero-order chi connectivity index (χ0) is 20.7. The van der Waals surface area contributed by atoms with Crippen LogP contribution in [0.4, 0.5) is 0 Å². The SMILES string of the molecule is COc1cccc([C@H](CNC(=O)c2cc(OC)c(OC)c(OC)c2)[NH+](C)C)c1. The van der Waals surface area contributed by atoms with Gasteiger partial charge in [0, 0.05) is 11.1 Å². The van der Waals surface area contributed by atoms with Crippen LogP contribution in [0.2, 0.25) is 0 Å². The van der Waals surface area contributed by atoms with Crippen LogP contribution in [-0.2, 0) is 0 Å². The Labute approximate surface area is 166 Å². The van der Waals surface area contributed by atoms with Gasteiger partial charge in [-0.15, -0.1) is 0 Å². The highest BCUT2D eigenvalue weighted by Gasteiger charge is 2.21. The fourth-order valence-electron chi connectivity index (χ4n) is 3.02. The van der Waals surface area contributed by atoms with Crippen LogP contribution in [0.25, 0.3) is 0 Å². The Kier molecular flexibility index (Phi) is 7.52. The van der Waals surface area contributed by atoms with Crippen LogP contribution >= 0.6 is 0 Å². The molecule has 2 N–H and O–H groups in total. The number of likely N-dealkylation sites (N-methyl/N-ethyl adjacent to an activating group) is 1. The summed E-state index contributed by atoms with van der Waals surface area (Å²) in [5, 5.41) is 3.00. The van der Waals surface area contributed by atoms with Crippen LogP contribution in [0.1, 0.15) is 22.0 Å². The highest BCUT2D eigenvalue weighted by Crippen LogP contribution is 2.38. The summed E-state index contributed by atoms with van der Waals surface area (Å²) in [5.41, 5.74) is 1.53. The first-order valence-electron chi connectivity index (χ1n) is 8.97. The molecule has 0 saturated carbocycles. The second-order valence-corrected chi connectivity index (χ2v) is 6.53. The molecule has 0 heterocycles. The summed E-state index contributed by atoms with van der Waals surface area (Å²) in [7, 11) is 10.3. The molecular weight excluding hydrogens is 360 g/mol. The van der Waals surface area contributed by atoms with Crippen LogP contribution in [0, 0.1) is 0 Å². The van der Waals surface area contributed by atoms with Crippen molar-refractivity contribution in [3.05, 3.63) is 47.5 Å². The predicted octanol–water partition coefficient (Wildman–Crippen LogP) is 1.34. The average molecular weight is 389 g/mol. The molecule has 7 nitrogen and oxygen atoms in total. The van der Waals surface area contributed by atoms with E-state index >= 15 is 0 Å². The standard InChI is InChI=1S/C21H28N2O5/c1-23(2)17(14-8-7-9-16(10-14)25-3)13-22-21(24)15-11-18(26-4)20(28-6)19(12-15)27-5/h7-12,17H,13H2,1-6H3,(H,22,24)/p+1/t17-/m0/s1. The number of amides is 1. The molecule has 0 bridgehead atoms. The quantitative estimate of drug-likeness (QED) is 0.677. The Bertz CT molecular complexity index is 782. The molecule has 0 spiro atoms. The molecule has 152 valence electrons. The van der Waals surface area contributed by atoms with E-state index < -0.39 is 0 Å². The Balaban J connectivity index is 2.21. The topological polar surface area (TPSA) is 70.5 Å². The van der Waals surface area contributed by atoms with Crippen LogP contribution < -0.4 is 29.2 Å². The highest BCUT2D eigenvalue weighted by molar-refractivity contribution is 5.95. The van der Waals surface area contributed by atoms with Crippen LogP contribution in [0.3, 0.4) is 0 Å². The summed E-state index contributed by atoms with van der Waals surface area (Å²) >= 11 is 0. The minimum absolute atomic E-state index is 0.0705. The van der Waals surface area contributed by atoms with Crippen molar-refractivity contribution < 1.29 is 28.6 Å². The fourth-order valence-corrected chi connectivity index (χ4v) is 3.02. The average Bonchev–Trinajstić information content (AvgIpc) is 2.72. The Morgan fingerprint density at radius 1 is 0.964 bits per heavy atom. The molecule has 0 fully saturated rings. The van der Waals surface area contributed by atoms with Crippen molar-refractivity contribution in [3.8, 4) is 23.0 Å². The molecule has 1 amide bonds. The number of carbonyl (C=O) groups is 1. The van der Waals surface area contributed by atoms with Gasteiger partial charge in [-0.1, -0.05) is 12.1 Å². The number of methoxy groups -OCH3 is 4. The Morgan fingerprint density at radius 2 is 1.61 bits per heavy atom. The van der Waals surface area contributed by atoms with Gasteiger partial charge in [-0.25, -0.2) is 0 Å². The second-order valence-electron chi connectivity index (χ2n) is 6.53. The van der Waals surface area contributed by atoms with Crippen molar-refractivity contribution in [2.24, 2.45) is 0 Å². The molecule has 0 aliphatic carbocycles. The van der Waals surface area contributed by atoms with E-state index in [0.717, 1.165) is 11.3 Å². The number of rotatable bonds is 9. The van der Waals surface area contributed by atoms with Gasteiger partial charge >= 0.3 is 0 Å². The molecule has 0 unspecified atom stereocenters. The van der Waals surface area contributed by atoms with Crippen molar-refractivity contribution in [2.75, 3.05) is 49.1 Å². The number of nitrogens with one attached hydrogen (secondary N) is 2. The van der Waals surface area contributed by atoms with E-state index in [1.165, 1.54) is 26.2 Å². The van der Waals surface area contributed by atoms with Gasteiger partial charge in [-0.05, 0) is 24.3 Å². The summed E-state index contributed by atoms with van der Waals surface area (Å²) in [6.45, 7) is 0.463. The Morgan fingerprint density at radius 3 is 2.11 bits per heavy atom. The van der Waals surface area contributed by atoms with Gasteiger partial charge in [-0.2, -0.15) is 0 Å². The lowest BCUT2D eigenvalue weighted by atomic mass is 10.1. The Hall–Kier alpha value is -2.93. The normalized spacial score (nSPS) is 11.7. The maximum absolute atomic E-state index is 12.8. The van der Waals surface area contributed by atoms with Crippen molar-refractivity contribution in [1.82, 2.24) is 5.32 Å². The van der Waals surface area contributed by atoms with E-state index in [9.17, 15) is 4.79 Å². The van der Waals surface area contributed by atoms with Gasteiger partial charge in [0.1, 0.15) is 11.8 Å². The molecule has 0 aromatic heterocycles. The number of ether oxygens (including phenoxy) is 4. The molecule has 1 atom stereocenters. The van der Waals surface area contributed by atoms with E-state index in [2.05, 4.69) is 19.4 Å². The van der Waals surface area contributed by atoms with Gasteiger partial charge < -0.3 is 29.2 Å². The van der Waals surface area contributed by atoms with E-state index in [0.29, 0.717) is 29.4 Å². The third kappa shape index (κ3) is 4.86. The van der Waals surface area contributed by atoms with Crippen molar-refractivity contribution >= 4 is 5.91 Å². The number of hydrogen-bond acceptors (Lipinski definition) is 5. The predicted molar refractivity (Wildman–Crippen MR) is 107 cm³/mol. The molecule has 0 radical (unpaired) electrons. The smallest absolute Gasteiger partial charge is 0.251 e. The molecule has 0 aliphatic rings. The molecule has 0 aliphatic heterocycles. The van der Waals surface area contributed by atoms with Gasteiger partial charge in [-0.3, -0.25) is 4.79 Å². The summed E-state index contributed by atoms with van der Waals surface area (Å²) < 4.78 is 21.3. The molecule has 2 aromatic carbocycles. The fraction of sp³-hybridized carbons (Fsp3) is 0.381. The van der Waals surface area contributed by atoms with E-state index in [-0.39, 0.29) is 11.9 Å². The molecule has 7 heteroatoms.